The Morgan fingerprint density at radius 2 is 2.20 bits per heavy atom. The molecule has 2 aromatic rings. The van der Waals surface area contributed by atoms with Crippen LogP contribution in [0.5, 0.6) is 5.75 Å². The zero-order valence-corrected chi connectivity index (χ0v) is 12.0. The van der Waals surface area contributed by atoms with E-state index in [0.29, 0.717) is 5.56 Å². The van der Waals surface area contributed by atoms with E-state index >= 15 is 0 Å². The Morgan fingerprint density at radius 3 is 2.80 bits per heavy atom. The quantitative estimate of drug-likeness (QED) is 0.690. The van der Waals surface area contributed by atoms with E-state index in [1.165, 1.54) is 12.1 Å². The molecule has 1 heterocycles. The van der Waals surface area contributed by atoms with Gasteiger partial charge in [0.1, 0.15) is 5.75 Å². The largest absolute Gasteiger partial charge is 0.506 e. The number of aromatic nitrogens is 2. The van der Waals surface area contributed by atoms with Crippen LogP contribution in [-0.4, -0.2) is 20.7 Å². The van der Waals surface area contributed by atoms with Gasteiger partial charge in [0.2, 0.25) is 0 Å². The molecule has 0 bridgehead atoms. The Balaban J connectivity index is 2.13. The fourth-order valence-electron chi connectivity index (χ4n) is 1.64. The van der Waals surface area contributed by atoms with Gasteiger partial charge in [-0.05, 0) is 37.6 Å². The second kappa shape index (κ2) is 5.92. The molecule has 0 atom stereocenters. The zero-order valence-electron chi connectivity index (χ0n) is 11.2. The number of phenols is 1. The number of carbonyl (C=O) groups excluding carboxylic acids is 1. The number of carbonyl (C=O) groups is 1. The molecule has 4 nitrogen and oxygen atoms in total. The summed E-state index contributed by atoms with van der Waals surface area (Å²) in [5.74, 6) is -0.102. The third-order valence-corrected chi connectivity index (χ3v) is 3.12. The average Bonchev–Trinajstić information content (AvgIpc) is 2.89. The summed E-state index contributed by atoms with van der Waals surface area (Å²) < 4.78 is 1.73. The third-order valence-electron chi connectivity index (χ3n) is 2.81. The molecule has 1 N–H and O–H groups in total. The van der Waals surface area contributed by atoms with Crippen molar-refractivity contribution in [1.82, 2.24) is 9.78 Å². The normalized spacial score (nSPS) is 11.4. The maximum Gasteiger partial charge on any atom is 0.189 e. The molecule has 20 heavy (non-hydrogen) atoms. The molecule has 0 amide bonds. The van der Waals surface area contributed by atoms with Gasteiger partial charge in [-0.2, -0.15) is 5.10 Å². The van der Waals surface area contributed by atoms with E-state index in [1.807, 2.05) is 13.8 Å². The summed E-state index contributed by atoms with van der Waals surface area (Å²) in [5, 5.41) is 13.7. The Bertz CT molecular complexity index is 660. The molecular weight excluding hydrogens is 276 g/mol. The minimum absolute atomic E-state index is 0.0216. The Kier molecular flexibility index (Phi) is 4.25. The third kappa shape index (κ3) is 3.27. The van der Waals surface area contributed by atoms with E-state index in [0.717, 1.165) is 5.56 Å². The van der Waals surface area contributed by atoms with E-state index in [1.54, 1.807) is 35.3 Å². The first-order valence-corrected chi connectivity index (χ1v) is 6.60. The second-order valence-corrected chi connectivity index (χ2v) is 5.12. The van der Waals surface area contributed by atoms with Crippen LogP contribution in [0.15, 0.2) is 36.7 Å². The van der Waals surface area contributed by atoms with Crippen molar-refractivity contribution in [3.8, 4) is 5.75 Å². The van der Waals surface area contributed by atoms with Crippen LogP contribution in [0.3, 0.4) is 0 Å². The highest BCUT2D eigenvalue weighted by Gasteiger charge is 2.07. The number of phenolic OH excluding ortho intramolecular Hbond substituents is 1. The average molecular weight is 291 g/mol. The van der Waals surface area contributed by atoms with E-state index in [4.69, 9.17) is 11.6 Å². The summed E-state index contributed by atoms with van der Waals surface area (Å²) in [5.41, 5.74) is 1.29. The molecule has 0 aliphatic rings. The minimum atomic E-state index is -0.124. The topological polar surface area (TPSA) is 55.1 Å². The number of rotatable bonds is 4. The van der Waals surface area contributed by atoms with Crippen molar-refractivity contribution in [3.63, 3.8) is 0 Å². The highest BCUT2D eigenvalue weighted by molar-refractivity contribution is 6.32. The number of allylic oxidation sites excluding steroid dienone is 1. The van der Waals surface area contributed by atoms with Crippen molar-refractivity contribution >= 4 is 23.5 Å². The molecule has 2 rings (SSSR count). The molecule has 0 saturated heterocycles. The van der Waals surface area contributed by atoms with Crippen molar-refractivity contribution in [2.24, 2.45) is 0 Å². The standard InChI is InChI=1S/C15H15ClN2O2/c1-10(2)18-9-12(8-17-18)14(19)5-3-11-4-6-15(20)13(16)7-11/h3-10,20H,1-2H3. The second-order valence-electron chi connectivity index (χ2n) is 4.71. The molecule has 0 fully saturated rings. The highest BCUT2D eigenvalue weighted by atomic mass is 35.5. The van der Waals surface area contributed by atoms with Crippen LogP contribution in [0, 0.1) is 0 Å². The van der Waals surface area contributed by atoms with E-state index in [2.05, 4.69) is 5.10 Å². The molecule has 0 saturated carbocycles. The first kappa shape index (κ1) is 14.3. The summed E-state index contributed by atoms with van der Waals surface area (Å²) >= 11 is 5.80. The van der Waals surface area contributed by atoms with Gasteiger partial charge in [-0.1, -0.05) is 23.7 Å². The number of hydrogen-bond donors (Lipinski definition) is 1. The monoisotopic (exact) mass is 290 g/mol. The van der Waals surface area contributed by atoms with Crippen LogP contribution in [0.4, 0.5) is 0 Å². The maximum atomic E-state index is 12.0. The van der Waals surface area contributed by atoms with Gasteiger partial charge in [-0.15, -0.1) is 0 Å². The van der Waals surface area contributed by atoms with Gasteiger partial charge >= 0.3 is 0 Å². The molecule has 0 spiro atoms. The number of ketones is 1. The Morgan fingerprint density at radius 1 is 1.45 bits per heavy atom. The lowest BCUT2D eigenvalue weighted by molar-refractivity contribution is 0.104. The smallest absolute Gasteiger partial charge is 0.189 e. The van der Waals surface area contributed by atoms with Gasteiger partial charge in [0.15, 0.2) is 5.78 Å². The van der Waals surface area contributed by atoms with E-state index in [9.17, 15) is 9.90 Å². The molecule has 0 radical (unpaired) electrons. The summed E-state index contributed by atoms with van der Waals surface area (Å²) in [6.07, 6.45) is 6.39. The van der Waals surface area contributed by atoms with E-state index in [-0.39, 0.29) is 22.6 Å². The first-order valence-electron chi connectivity index (χ1n) is 6.22. The Hall–Kier alpha value is -2.07. The van der Waals surface area contributed by atoms with Crippen LogP contribution in [0.1, 0.15) is 35.8 Å². The molecule has 104 valence electrons. The van der Waals surface area contributed by atoms with Gasteiger partial charge in [0.25, 0.3) is 0 Å². The maximum absolute atomic E-state index is 12.0. The van der Waals surface area contributed by atoms with Crippen LogP contribution in [0.25, 0.3) is 6.08 Å². The summed E-state index contributed by atoms with van der Waals surface area (Å²) in [6, 6.07) is 4.99. The van der Waals surface area contributed by atoms with Crippen molar-refractivity contribution in [3.05, 3.63) is 52.8 Å². The van der Waals surface area contributed by atoms with Crippen molar-refractivity contribution in [1.29, 1.82) is 0 Å². The molecule has 1 aromatic carbocycles. The minimum Gasteiger partial charge on any atom is -0.506 e. The fourth-order valence-corrected chi connectivity index (χ4v) is 1.83. The summed E-state index contributed by atoms with van der Waals surface area (Å²) in [6.45, 7) is 3.99. The van der Waals surface area contributed by atoms with Gasteiger partial charge in [-0.25, -0.2) is 0 Å². The van der Waals surface area contributed by atoms with Crippen molar-refractivity contribution in [2.75, 3.05) is 0 Å². The lowest BCUT2D eigenvalue weighted by atomic mass is 10.1. The van der Waals surface area contributed by atoms with Crippen LogP contribution >= 0.6 is 11.6 Å². The summed E-state index contributed by atoms with van der Waals surface area (Å²) in [7, 11) is 0. The zero-order chi connectivity index (χ0) is 14.7. The molecule has 5 heteroatoms. The van der Waals surface area contributed by atoms with Crippen molar-refractivity contribution in [2.45, 2.75) is 19.9 Å². The van der Waals surface area contributed by atoms with Crippen LogP contribution in [-0.2, 0) is 0 Å². The highest BCUT2D eigenvalue weighted by Crippen LogP contribution is 2.24. The Labute approximate surface area is 122 Å². The molecule has 0 unspecified atom stereocenters. The summed E-state index contributed by atoms with van der Waals surface area (Å²) in [4.78, 5) is 12.0. The number of hydrogen-bond acceptors (Lipinski definition) is 3. The van der Waals surface area contributed by atoms with Crippen LogP contribution in [0.2, 0.25) is 5.02 Å². The SMILES string of the molecule is CC(C)n1cc(C(=O)C=Cc2ccc(O)c(Cl)c2)cn1. The lowest BCUT2D eigenvalue weighted by Gasteiger charge is -2.02. The van der Waals surface area contributed by atoms with Gasteiger partial charge in [-0.3, -0.25) is 9.48 Å². The number of aromatic hydroxyl groups is 1. The predicted molar refractivity (Wildman–Crippen MR) is 79.1 cm³/mol. The van der Waals surface area contributed by atoms with Gasteiger partial charge < -0.3 is 5.11 Å². The molecule has 1 aromatic heterocycles. The van der Waals surface area contributed by atoms with Crippen LogP contribution < -0.4 is 0 Å². The number of halogens is 1. The molecule has 0 aliphatic heterocycles. The first-order chi connectivity index (χ1) is 9.47. The van der Waals surface area contributed by atoms with E-state index < -0.39 is 0 Å². The lowest BCUT2D eigenvalue weighted by Crippen LogP contribution is -2.00. The van der Waals surface area contributed by atoms with Gasteiger partial charge in [0.05, 0.1) is 16.8 Å². The van der Waals surface area contributed by atoms with Gasteiger partial charge in [0, 0.05) is 12.2 Å². The van der Waals surface area contributed by atoms with Crippen molar-refractivity contribution < 1.29 is 9.90 Å². The number of benzene rings is 1. The number of nitrogens with zero attached hydrogens (tertiary/aromatic N) is 2. The molecular formula is C15H15ClN2O2. The predicted octanol–water partition coefficient (Wildman–Crippen LogP) is 3.72. The fraction of sp³-hybridized carbons (Fsp3) is 0.200. The molecule has 0 aliphatic carbocycles.